The second-order valence-corrected chi connectivity index (χ2v) is 5.10. The first-order valence-corrected chi connectivity index (χ1v) is 7.51. The summed E-state index contributed by atoms with van der Waals surface area (Å²) in [4.78, 5) is 0. The van der Waals surface area contributed by atoms with Crippen LogP contribution in [0.5, 0.6) is 0 Å². The maximum absolute atomic E-state index is 9.56. The molecule has 1 fully saturated rings. The van der Waals surface area contributed by atoms with Crippen LogP contribution in [-0.4, -0.2) is 43.5 Å². The van der Waals surface area contributed by atoms with E-state index in [9.17, 15) is 4.55 Å². The Balaban J connectivity index is 0.000000236. The molecule has 0 aliphatic carbocycles. The Morgan fingerprint density at radius 2 is 1.29 bits per heavy atom. The zero-order valence-corrected chi connectivity index (χ0v) is 11.7. The van der Waals surface area contributed by atoms with Gasteiger partial charge in [-0.1, -0.05) is 47.1 Å². The summed E-state index contributed by atoms with van der Waals surface area (Å²) in [5.74, 6) is 0. The second kappa shape index (κ2) is 11.9. The third-order valence-corrected chi connectivity index (χ3v) is 1.68. The summed E-state index contributed by atoms with van der Waals surface area (Å²) >= 11 is -0.611. The van der Waals surface area contributed by atoms with Gasteiger partial charge < -0.3 is 14.0 Å². The van der Waals surface area contributed by atoms with E-state index in [1.807, 2.05) is 18.2 Å². The van der Waals surface area contributed by atoms with Gasteiger partial charge in [-0.05, 0) is 6.92 Å². The Labute approximate surface area is 107 Å². The predicted octanol–water partition coefficient (Wildman–Crippen LogP) is 2.02. The number of hydrogen-bond acceptors (Lipinski definition) is 3. The highest BCUT2D eigenvalue weighted by Crippen LogP contribution is 1.92. The smallest absolute Gasteiger partial charge is 0.0946 e. The van der Waals surface area contributed by atoms with E-state index in [1.165, 1.54) is 5.56 Å². The molecule has 2 rings (SSSR count). The van der Waals surface area contributed by atoms with Gasteiger partial charge >= 0.3 is 0 Å². The molecule has 1 aromatic carbocycles. The lowest BCUT2D eigenvalue weighted by molar-refractivity contribution is -0.0334. The number of aryl methyl sites for hydroxylation is 1. The van der Waals surface area contributed by atoms with Gasteiger partial charge in [-0.3, -0.25) is 0 Å². The van der Waals surface area contributed by atoms with E-state index in [0.29, 0.717) is 0 Å². The molecule has 4 heteroatoms. The number of rotatable bonds is 0. The Kier molecular flexibility index (Phi) is 11.5. The lowest BCUT2D eigenvalue weighted by Gasteiger charge is -2.09. The van der Waals surface area contributed by atoms with Crippen LogP contribution < -0.4 is 0 Å². The Morgan fingerprint density at radius 3 is 1.47 bits per heavy atom. The summed E-state index contributed by atoms with van der Waals surface area (Å²) in [7, 11) is 0. The fourth-order valence-corrected chi connectivity index (χ4v) is 0.974. The first kappa shape index (κ1) is 16.4. The van der Waals surface area contributed by atoms with Crippen molar-refractivity contribution < 1.29 is 14.0 Å². The van der Waals surface area contributed by atoms with Gasteiger partial charge in [0.25, 0.3) is 0 Å². The van der Waals surface area contributed by atoms with Gasteiger partial charge in [-0.2, -0.15) is 0 Å². The van der Waals surface area contributed by atoms with Crippen LogP contribution in [-0.2, 0) is 20.6 Å². The van der Waals surface area contributed by atoms with Crippen LogP contribution in [0.2, 0.25) is 0 Å². The molecule has 0 N–H and O–H groups in total. The minimum absolute atomic E-state index is 0.611. The fraction of sp³-hybridized carbons (Fsp3) is 0.538. The van der Waals surface area contributed by atoms with E-state index in [2.05, 4.69) is 19.1 Å². The van der Waals surface area contributed by atoms with E-state index >= 15 is 0 Å². The van der Waals surface area contributed by atoms with Crippen molar-refractivity contribution in [1.82, 2.24) is 0 Å². The number of hydrogen-bond donors (Lipinski definition) is 0. The molecule has 0 atom stereocenters. The molecular formula is C13H22O3S. The van der Waals surface area contributed by atoms with Crippen molar-refractivity contribution in [1.29, 1.82) is 0 Å². The molecule has 0 amide bonds. The zero-order valence-electron chi connectivity index (χ0n) is 10.8. The van der Waals surface area contributed by atoms with Crippen LogP contribution in [0, 0.1) is 6.92 Å². The van der Waals surface area contributed by atoms with Gasteiger partial charge in [0.1, 0.15) is 0 Å². The fourth-order valence-electron chi connectivity index (χ4n) is 0.974. The molecule has 0 bridgehead atoms. The monoisotopic (exact) mass is 258 g/mol. The largest absolute Gasteiger partial charge is 0.617 e. The zero-order chi connectivity index (χ0) is 12.9. The maximum atomic E-state index is 9.56. The SMILES string of the molecule is C1COCCO1.C[S+](C)[O-].Cc1ccccc1. The van der Waals surface area contributed by atoms with Crippen LogP contribution in [0.4, 0.5) is 0 Å². The third kappa shape index (κ3) is 15.4. The summed E-state index contributed by atoms with van der Waals surface area (Å²) in [5, 5.41) is 0. The van der Waals surface area contributed by atoms with Crippen molar-refractivity contribution in [2.24, 2.45) is 0 Å². The molecule has 0 aromatic heterocycles. The highest BCUT2D eigenvalue weighted by Gasteiger charge is 1.94. The summed E-state index contributed by atoms with van der Waals surface area (Å²) in [5.41, 5.74) is 1.32. The van der Waals surface area contributed by atoms with Crippen molar-refractivity contribution >= 4 is 11.2 Å². The highest BCUT2D eigenvalue weighted by atomic mass is 32.2. The van der Waals surface area contributed by atoms with E-state index in [4.69, 9.17) is 9.47 Å². The Bertz CT molecular complexity index is 234. The molecule has 0 spiro atoms. The standard InChI is InChI=1S/C7H8.C4H8O2.C2H6OS/c1-7-5-3-2-4-6-7;1-2-6-4-3-5-1;1-4(2)3/h2-6H,1H3;1-4H2;1-2H3. The molecule has 1 aliphatic rings. The normalized spacial score (nSPS) is 14.2. The van der Waals surface area contributed by atoms with Gasteiger partial charge in [-0.15, -0.1) is 0 Å². The van der Waals surface area contributed by atoms with E-state index in [1.54, 1.807) is 12.5 Å². The molecule has 0 saturated carbocycles. The third-order valence-electron chi connectivity index (χ3n) is 1.68. The van der Waals surface area contributed by atoms with Crippen LogP contribution in [0.1, 0.15) is 5.56 Å². The topological polar surface area (TPSA) is 41.5 Å². The molecule has 1 aliphatic heterocycles. The van der Waals surface area contributed by atoms with Crippen LogP contribution in [0.3, 0.4) is 0 Å². The minimum Gasteiger partial charge on any atom is -0.617 e. The van der Waals surface area contributed by atoms with Crippen LogP contribution in [0.25, 0.3) is 0 Å². The van der Waals surface area contributed by atoms with Crippen molar-refractivity contribution in [3.05, 3.63) is 35.9 Å². The van der Waals surface area contributed by atoms with Gasteiger partial charge in [0.15, 0.2) is 0 Å². The van der Waals surface area contributed by atoms with E-state index < -0.39 is 11.2 Å². The molecule has 1 heterocycles. The highest BCUT2D eigenvalue weighted by molar-refractivity contribution is 7.89. The molecule has 0 radical (unpaired) electrons. The van der Waals surface area contributed by atoms with E-state index in [0.717, 1.165) is 26.4 Å². The Hall–Kier alpha value is -0.550. The number of ether oxygens (including phenoxy) is 2. The maximum Gasteiger partial charge on any atom is 0.0946 e. The van der Waals surface area contributed by atoms with Gasteiger partial charge in [0, 0.05) is 0 Å². The average molecular weight is 258 g/mol. The summed E-state index contributed by atoms with van der Waals surface area (Å²) in [6, 6.07) is 10.3. The Morgan fingerprint density at radius 1 is 0.941 bits per heavy atom. The first-order chi connectivity index (χ1) is 8.13. The first-order valence-electron chi connectivity index (χ1n) is 5.55. The van der Waals surface area contributed by atoms with Crippen LogP contribution in [0.15, 0.2) is 30.3 Å². The molecular weight excluding hydrogens is 236 g/mol. The van der Waals surface area contributed by atoms with E-state index in [-0.39, 0.29) is 0 Å². The molecule has 1 saturated heterocycles. The summed E-state index contributed by atoms with van der Waals surface area (Å²) in [6.45, 7) is 5.19. The molecule has 17 heavy (non-hydrogen) atoms. The lowest BCUT2D eigenvalue weighted by Crippen LogP contribution is -2.16. The molecule has 98 valence electrons. The van der Waals surface area contributed by atoms with Crippen molar-refractivity contribution in [2.75, 3.05) is 38.9 Å². The van der Waals surface area contributed by atoms with Crippen LogP contribution >= 0.6 is 0 Å². The second-order valence-electron chi connectivity index (χ2n) is 3.62. The quantitative estimate of drug-likeness (QED) is 0.669. The molecule has 3 nitrogen and oxygen atoms in total. The molecule has 0 unspecified atom stereocenters. The molecule has 1 aromatic rings. The van der Waals surface area contributed by atoms with Crippen molar-refractivity contribution in [3.63, 3.8) is 0 Å². The number of benzene rings is 1. The minimum atomic E-state index is -0.611. The van der Waals surface area contributed by atoms with Gasteiger partial charge in [-0.25, -0.2) is 0 Å². The predicted molar refractivity (Wildman–Crippen MR) is 72.8 cm³/mol. The summed E-state index contributed by atoms with van der Waals surface area (Å²) in [6.07, 6.45) is 3.28. The average Bonchev–Trinajstić information content (AvgIpc) is 2.32. The van der Waals surface area contributed by atoms with Crippen molar-refractivity contribution in [3.8, 4) is 0 Å². The van der Waals surface area contributed by atoms with Crippen molar-refractivity contribution in [2.45, 2.75) is 6.92 Å². The van der Waals surface area contributed by atoms with Gasteiger partial charge in [0.2, 0.25) is 0 Å². The lowest BCUT2D eigenvalue weighted by atomic mass is 10.2. The summed E-state index contributed by atoms with van der Waals surface area (Å²) < 4.78 is 19.4. The van der Waals surface area contributed by atoms with Gasteiger partial charge in [0.05, 0.1) is 38.9 Å².